The minimum atomic E-state index is 0.525. The standard InChI is InChI=1S/C10H14O/c11-2-1-10-5-7-3-9(10)4-8(7)6-10/h2,7-9H,1,3-6H2. The zero-order valence-electron chi connectivity index (χ0n) is 6.75. The lowest BCUT2D eigenvalue weighted by Gasteiger charge is -2.25. The van der Waals surface area contributed by atoms with Gasteiger partial charge in [0.05, 0.1) is 0 Å². The Labute approximate surface area is 67.2 Å². The number of aldehydes is 1. The molecule has 0 spiro atoms. The third kappa shape index (κ3) is 0.567. The Morgan fingerprint density at radius 1 is 1.27 bits per heavy atom. The quantitative estimate of drug-likeness (QED) is 0.550. The Balaban J connectivity index is 1.95. The Morgan fingerprint density at radius 3 is 2.27 bits per heavy atom. The summed E-state index contributed by atoms with van der Waals surface area (Å²) in [6.45, 7) is 0. The number of rotatable bonds is 2. The summed E-state index contributed by atoms with van der Waals surface area (Å²) in [5.74, 6) is 3.00. The van der Waals surface area contributed by atoms with Crippen LogP contribution in [0.3, 0.4) is 0 Å². The topological polar surface area (TPSA) is 17.1 Å². The summed E-state index contributed by atoms with van der Waals surface area (Å²) < 4.78 is 0. The molecule has 0 aromatic carbocycles. The van der Waals surface area contributed by atoms with Gasteiger partial charge in [0.1, 0.15) is 6.29 Å². The zero-order chi connectivity index (χ0) is 7.47. The van der Waals surface area contributed by atoms with E-state index >= 15 is 0 Å². The van der Waals surface area contributed by atoms with Crippen molar-refractivity contribution in [2.24, 2.45) is 23.2 Å². The van der Waals surface area contributed by atoms with Crippen LogP contribution in [0.25, 0.3) is 0 Å². The van der Waals surface area contributed by atoms with Crippen molar-refractivity contribution >= 4 is 6.29 Å². The highest BCUT2D eigenvalue weighted by Gasteiger charge is 2.62. The second-order valence-corrected chi connectivity index (χ2v) is 4.83. The zero-order valence-corrected chi connectivity index (χ0v) is 6.75. The molecular formula is C10H14O. The van der Waals surface area contributed by atoms with E-state index in [4.69, 9.17) is 0 Å². The van der Waals surface area contributed by atoms with Crippen LogP contribution in [0, 0.1) is 23.2 Å². The summed E-state index contributed by atoms with van der Waals surface area (Å²) in [5, 5.41) is 0. The number of hydrogen-bond donors (Lipinski definition) is 0. The maximum absolute atomic E-state index is 10.5. The number of carbonyl (C=O) groups is 1. The first-order valence-electron chi connectivity index (χ1n) is 4.78. The minimum Gasteiger partial charge on any atom is -0.303 e. The molecule has 1 heteroatoms. The van der Waals surface area contributed by atoms with Gasteiger partial charge in [-0.15, -0.1) is 0 Å². The number of carbonyl (C=O) groups excluding carboxylic acids is 1. The lowest BCUT2D eigenvalue weighted by molar-refractivity contribution is -0.110. The molecule has 0 aromatic heterocycles. The van der Waals surface area contributed by atoms with Gasteiger partial charge in [0.2, 0.25) is 0 Å². The van der Waals surface area contributed by atoms with Gasteiger partial charge in [-0.25, -0.2) is 0 Å². The smallest absolute Gasteiger partial charge is 0.120 e. The van der Waals surface area contributed by atoms with Crippen molar-refractivity contribution in [1.82, 2.24) is 0 Å². The van der Waals surface area contributed by atoms with Crippen molar-refractivity contribution in [3.63, 3.8) is 0 Å². The van der Waals surface area contributed by atoms with E-state index in [-0.39, 0.29) is 0 Å². The SMILES string of the molecule is O=CCC12CC3CC1CC3C2. The summed E-state index contributed by atoms with van der Waals surface area (Å²) >= 11 is 0. The summed E-state index contributed by atoms with van der Waals surface area (Å²) in [5.41, 5.74) is 0.525. The molecule has 0 aliphatic heterocycles. The van der Waals surface area contributed by atoms with Crippen molar-refractivity contribution in [2.75, 3.05) is 0 Å². The third-order valence-corrected chi connectivity index (χ3v) is 4.53. The maximum Gasteiger partial charge on any atom is 0.120 e. The molecule has 0 heterocycles. The van der Waals surface area contributed by atoms with E-state index in [1.165, 1.54) is 25.7 Å². The van der Waals surface area contributed by atoms with Crippen molar-refractivity contribution in [3.05, 3.63) is 0 Å². The van der Waals surface area contributed by atoms with Crippen molar-refractivity contribution < 1.29 is 4.79 Å². The monoisotopic (exact) mass is 150 g/mol. The highest BCUT2D eigenvalue weighted by Crippen LogP contribution is 2.70. The minimum absolute atomic E-state index is 0.525. The molecule has 4 saturated carbocycles. The van der Waals surface area contributed by atoms with Crippen LogP contribution in [0.2, 0.25) is 0 Å². The average Bonchev–Trinajstić information content (AvgIpc) is 2.54. The van der Waals surface area contributed by atoms with Gasteiger partial charge >= 0.3 is 0 Å². The maximum atomic E-state index is 10.5. The van der Waals surface area contributed by atoms with Gasteiger partial charge < -0.3 is 4.79 Å². The molecule has 1 nitrogen and oxygen atoms in total. The van der Waals surface area contributed by atoms with E-state index < -0.39 is 0 Å². The first-order valence-corrected chi connectivity index (χ1v) is 4.78. The molecule has 4 fully saturated rings. The Bertz CT molecular complexity index is 195. The molecule has 60 valence electrons. The fourth-order valence-electron chi connectivity index (χ4n) is 4.17. The number of hydrogen-bond acceptors (Lipinski definition) is 1. The lowest BCUT2D eigenvalue weighted by Crippen LogP contribution is -2.19. The molecule has 4 aliphatic rings. The van der Waals surface area contributed by atoms with Crippen LogP contribution in [0.5, 0.6) is 0 Å². The van der Waals surface area contributed by atoms with Gasteiger partial charge in [-0.2, -0.15) is 0 Å². The highest BCUT2D eigenvalue weighted by atomic mass is 16.1. The average molecular weight is 150 g/mol. The highest BCUT2D eigenvalue weighted by molar-refractivity contribution is 5.52. The van der Waals surface area contributed by atoms with Crippen molar-refractivity contribution in [1.29, 1.82) is 0 Å². The van der Waals surface area contributed by atoms with E-state index in [0.717, 1.165) is 30.5 Å². The summed E-state index contributed by atoms with van der Waals surface area (Å²) in [6.07, 6.45) is 7.72. The Morgan fingerprint density at radius 2 is 1.91 bits per heavy atom. The fraction of sp³-hybridized carbons (Fsp3) is 0.900. The van der Waals surface area contributed by atoms with Gasteiger partial charge in [-0.1, -0.05) is 0 Å². The first kappa shape index (κ1) is 6.22. The molecule has 4 rings (SSSR count). The molecule has 0 radical (unpaired) electrons. The second kappa shape index (κ2) is 1.70. The molecule has 4 aliphatic carbocycles. The summed E-state index contributed by atoms with van der Waals surface area (Å²) in [6, 6.07) is 0. The van der Waals surface area contributed by atoms with E-state index in [2.05, 4.69) is 0 Å². The van der Waals surface area contributed by atoms with Gasteiger partial charge in [0, 0.05) is 6.42 Å². The second-order valence-electron chi connectivity index (χ2n) is 4.83. The molecule has 0 amide bonds. The molecular weight excluding hydrogens is 136 g/mol. The van der Waals surface area contributed by atoms with Gasteiger partial charge in [-0.3, -0.25) is 0 Å². The van der Waals surface area contributed by atoms with Gasteiger partial charge in [0.15, 0.2) is 0 Å². The molecule has 0 saturated heterocycles. The van der Waals surface area contributed by atoms with Gasteiger partial charge in [0.25, 0.3) is 0 Å². The molecule has 0 aromatic rings. The molecule has 4 bridgehead atoms. The van der Waals surface area contributed by atoms with Crippen molar-refractivity contribution in [2.45, 2.75) is 32.1 Å². The predicted molar refractivity (Wildman–Crippen MR) is 42.1 cm³/mol. The fourth-order valence-corrected chi connectivity index (χ4v) is 4.17. The molecule has 0 N–H and O–H groups in total. The largest absolute Gasteiger partial charge is 0.303 e. The normalized spacial score (nSPS) is 57.6. The van der Waals surface area contributed by atoms with Crippen LogP contribution in [-0.2, 0) is 4.79 Å². The van der Waals surface area contributed by atoms with Crippen LogP contribution >= 0.6 is 0 Å². The Hall–Kier alpha value is -0.330. The first-order chi connectivity index (χ1) is 5.34. The Kier molecular flexibility index (Phi) is 0.961. The summed E-state index contributed by atoms with van der Waals surface area (Å²) in [4.78, 5) is 10.5. The van der Waals surface area contributed by atoms with E-state index in [0.29, 0.717) is 5.41 Å². The predicted octanol–water partition coefficient (Wildman–Crippen LogP) is 2.01. The van der Waals surface area contributed by atoms with Crippen LogP contribution in [-0.4, -0.2) is 6.29 Å². The van der Waals surface area contributed by atoms with Crippen LogP contribution in [0.15, 0.2) is 0 Å². The third-order valence-electron chi connectivity index (χ3n) is 4.53. The molecule has 2 unspecified atom stereocenters. The van der Waals surface area contributed by atoms with Crippen LogP contribution < -0.4 is 0 Å². The van der Waals surface area contributed by atoms with Crippen LogP contribution in [0.4, 0.5) is 0 Å². The van der Waals surface area contributed by atoms with E-state index in [9.17, 15) is 4.79 Å². The summed E-state index contributed by atoms with van der Waals surface area (Å²) in [7, 11) is 0. The van der Waals surface area contributed by atoms with Crippen molar-refractivity contribution in [3.8, 4) is 0 Å². The molecule has 11 heavy (non-hydrogen) atoms. The van der Waals surface area contributed by atoms with E-state index in [1.807, 2.05) is 0 Å². The molecule has 2 atom stereocenters. The van der Waals surface area contributed by atoms with Crippen LogP contribution in [0.1, 0.15) is 32.1 Å². The van der Waals surface area contributed by atoms with E-state index in [1.54, 1.807) is 0 Å². The van der Waals surface area contributed by atoms with Gasteiger partial charge in [-0.05, 0) is 48.9 Å². The lowest BCUT2D eigenvalue weighted by atomic mass is 9.78.